The predicted molar refractivity (Wildman–Crippen MR) is 122 cm³/mol. The van der Waals surface area contributed by atoms with Crippen LogP contribution < -0.4 is 10.6 Å². The summed E-state index contributed by atoms with van der Waals surface area (Å²) in [6.45, 7) is 4.79. The number of nitrogens with zero attached hydrogens (tertiary/aromatic N) is 3. The molecule has 0 saturated heterocycles. The van der Waals surface area contributed by atoms with E-state index in [0.29, 0.717) is 0 Å². The van der Waals surface area contributed by atoms with Crippen molar-refractivity contribution in [3.63, 3.8) is 0 Å². The lowest BCUT2D eigenvalue weighted by molar-refractivity contribution is 0.624. The van der Waals surface area contributed by atoms with E-state index < -0.39 is 0 Å². The summed E-state index contributed by atoms with van der Waals surface area (Å²) in [6, 6.07) is 12.6. The van der Waals surface area contributed by atoms with Gasteiger partial charge in [-0.3, -0.25) is 4.99 Å². The first-order valence-electron chi connectivity index (χ1n) is 8.66. The summed E-state index contributed by atoms with van der Waals surface area (Å²) in [5, 5.41) is 8.87. The first-order valence-corrected chi connectivity index (χ1v) is 9.54. The summed E-state index contributed by atoms with van der Waals surface area (Å²) in [4.78, 5) is 10.3. The molecule has 26 heavy (non-hydrogen) atoms. The number of para-hydroxylation sites is 2. The molecule has 0 radical (unpaired) electrons. The first-order chi connectivity index (χ1) is 12.3. The lowest BCUT2D eigenvalue weighted by Crippen LogP contribution is -2.38. The zero-order valence-electron chi connectivity index (χ0n) is 15.2. The van der Waals surface area contributed by atoms with Crippen molar-refractivity contribution < 1.29 is 0 Å². The molecular formula is C19H26IN5S. The van der Waals surface area contributed by atoms with E-state index in [9.17, 15) is 0 Å². The van der Waals surface area contributed by atoms with Crippen LogP contribution in [-0.2, 0) is 13.0 Å². The topological polar surface area (TPSA) is 54.2 Å². The number of fused-ring (bicyclic) bond motifs is 1. The number of hydrogen-bond donors (Lipinski definition) is 2. The van der Waals surface area contributed by atoms with Gasteiger partial charge in [0.05, 0.1) is 11.0 Å². The Kier molecular flexibility index (Phi) is 8.37. The van der Waals surface area contributed by atoms with Crippen molar-refractivity contribution in [2.24, 2.45) is 4.99 Å². The molecule has 0 amide bonds. The minimum absolute atomic E-state index is 0. The minimum Gasteiger partial charge on any atom is -0.356 e. The summed E-state index contributed by atoms with van der Waals surface area (Å²) < 4.78 is 2.28. The van der Waals surface area contributed by atoms with E-state index in [0.717, 1.165) is 49.8 Å². The Balaban J connectivity index is 0.00000243. The molecule has 7 heteroatoms. The highest BCUT2D eigenvalue weighted by Crippen LogP contribution is 2.15. The highest BCUT2D eigenvalue weighted by molar-refractivity contribution is 14.0. The van der Waals surface area contributed by atoms with Crippen molar-refractivity contribution in [1.29, 1.82) is 0 Å². The second-order valence-corrected chi connectivity index (χ2v) is 6.94. The molecule has 3 aromatic rings. The maximum absolute atomic E-state index is 4.62. The molecular weight excluding hydrogens is 457 g/mol. The van der Waals surface area contributed by atoms with E-state index in [2.05, 4.69) is 67.8 Å². The molecule has 0 aliphatic heterocycles. The SMILES string of the molecule is CN=C(NCCCn1c(C)nc2ccccc21)NCCc1cccs1.I. The summed E-state index contributed by atoms with van der Waals surface area (Å²) in [6.07, 6.45) is 2.05. The standard InChI is InChI=1S/C19H25N5S.HI/c1-15-23-17-8-3-4-9-18(17)24(15)13-6-11-21-19(20-2)22-12-10-16-7-5-14-25-16;/h3-5,7-9,14H,6,10-13H2,1-2H3,(H2,20,21,22);1H. The van der Waals surface area contributed by atoms with Gasteiger partial charge in [-0.2, -0.15) is 0 Å². The Morgan fingerprint density at radius 1 is 1.15 bits per heavy atom. The molecule has 0 aliphatic rings. The van der Waals surface area contributed by atoms with Crippen LogP contribution in [0.2, 0.25) is 0 Å². The Hall–Kier alpha value is -1.61. The lowest BCUT2D eigenvalue weighted by Gasteiger charge is -2.12. The van der Waals surface area contributed by atoms with Gasteiger partial charge in [0.25, 0.3) is 0 Å². The van der Waals surface area contributed by atoms with Crippen LogP contribution in [0, 0.1) is 6.92 Å². The molecule has 140 valence electrons. The summed E-state index contributed by atoms with van der Waals surface area (Å²) in [7, 11) is 1.81. The molecule has 0 atom stereocenters. The van der Waals surface area contributed by atoms with Gasteiger partial charge in [-0.1, -0.05) is 18.2 Å². The molecule has 0 saturated carbocycles. The van der Waals surface area contributed by atoms with Crippen LogP contribution in [0.5, 0.6) is 0 Å². The van der Waals surface area contributed by atoms with Gasteiger partial charge in [-0.15, -0.1) is 35.3 Å². The number of aryl methyl sites for hydroxylation is 2. The van der Waals surface area contributed by atoms with E-state index in [-0.39, 0.29) is 24.0 Å². The number of aromatic nitrogens is 2. The first kappa shape index (κ1) is 20.7. The third-order valence-electron chi connectivity index (χ3n) is 4.16. The number of halogens is 1. The van der Waals surface area contributed by atoms with Crippen LogP contribution in [0.15, 0.2) is 46.8 Å². The highest BCUT2D eigenvalue weighted by Gasteiger charge is 2.06. The largest absolute Gasteiger partial charge is 0.356 e. The number of thiophene rings is 1. The smallest absolute Gasteiger partial charge is 0.190 e. The number of hydrogen-bond acceptors (Lipinski definition) is 3. The van der Waals surface area contributed by atoms with E-state index in [4.69, 9.17) is 0 Å². The summed E-state index contributed by atoms with van der Waals surface area (Å²) in [5.41, 5.74) is 2.28. The van der Waals surface area contributed by atoms with Gasteiger partial charge in [0.1, 0.15) is 5.82 Å². The monoisotopic (exact) mass is 483 g/mol. The number of nitrogens with one attached hydrogen (secondary N) is 2. The second kappa shape index (κ2) is 10.5. The molecule has 2 heterocycles. The number of benzene rings is 1. The Morgan fingerprint density at radius 3 is 2.73 bits per heavy atom. The van der Waals surface area contributed by atoms with Gasteiger partial charge in [0, 0.05) is 31.6 Å². The molecule has 2 N–H and O–H groups in total. The maximum Gasteiger partial charge on any atom is 0.190 e. The normalized spacial score (nSPS) is 11.4. The Morgan fingerprint density at radius 2 is 1.96 bits per heavy atom. The van der Waals surface area contributed by atoms with Gasteiger partial charge in [-0.25, -0.2) is 4.98 Å². The van der Waals surface area contributed by atoms with Crippen molar-refractivity contribution in [1.82, 2.24) is 20.2 Å². The van der Waals surface area contributed by atoms with Gasteiger partial charge in [0.2, 0.25) is 0 Å². The van der Waals surface area contributed by atoms with E-state index in [1.54, 1.807) is 11.3 Å². The predicted octanol–water partition coefficient (Wildman–Crippen LogP) is 3.82. The fourth-order valence-electron chi connectivity index (χ4n) is 2.90. The van der Waals surface area contributed by atoms with Crippen molar-refractivity contribution in [3.05, 3.63) is 52.5 Å². The average molecular weight is 483 g/mol. The molecule has 0 unspecified atom stereocenters. The zero-order valence-corrected chi connectivity index (χ0v) is 18.4. The van der Waals surface area contributed by atoms with E-state index in [1.807, 2.05) is 13.1 Å². The fraction of sp³-hybridized carbons (Fsp3) is 0.368. The number of imidazole rings is 1. The van der Waals surface area contributed by atoms with Crippen molar-refractivity contribution in [3.8, 4) is 0 Å². The van der Waals surface area contributed by atoms with Gasteiger partial charge in [-0.05, 0) is 43.3 Å². The van der Waals surface area contributed by atoms with Crippen LogP contribution in [-0.4, -0.2) is 35.6 Å². The Bertz CT molecular complexity index is 826. The Labute approximate surface area is 176 Å². The molecule has 0 fully saturated rings. The van der Waals surface area contributed by atoms with E-state index >= 15 is 0 Å². The number of aliphatic imine (C=N–C) groups is 1. The van der Waals surface area contributed by atoms with Gasteiger partial charge in [0.15, 0.2) is 5.96 Å². The van der Waals surface area contributed by atoms with Gasteiger partial charge >= 0.3 is 0 Å². The minimum atomic E-state index is 0. The van der Waals surface area contributed by atoms with Crippen molar-refractivity contribution in [2.75, 3.05) is 20.1 Å². The maximum atomic E-state index is 4.62. The van der Waals surface area contributed by atoms with Crippen LogP contribution >= 0.6 is 35.3 Å². The van der Waals surface area contributed by atoms with Crippen LogP contribution in [0.1, 0.15) is 17.1 Å². The average Bonchev–Trinajstić information content (AvgIpc) is 3.24. The van der Waals surface area contributed by atoms with Gasteiger partial charge < -0.3 is 15.2 Å². The highest BCUT2D eigenvalue weighted by atomic mass is 127. The van der Waals surface area contributed by atoms with E-state index in [1.165, 1.54) is 10.4 Å². The third kappa shape index (κ3) is 5.44. The third-order valence-corrected chi connectivity index (χ3v) is 5.10. The molecule has 3 rings (SSSR count). The van der Waals surface area contributed by atoms with Crippen molar-refractivity contribution >= 4 is 52.3 Å². The molecule has 1 aromatic carbocycles. The molecule has 2 aromatic heterocycles. The number of rotatable bonds is 7. The number of guanidine groups is 1. The molecule has 5 nitrogen and oxygen atoms in total. The van der Waals surface area contributed by atoms with Crippen LogP contribution in [0.25, 0.3) is 11.0 Å². The zero-order chi connectivity index (χ0) is 17.5. The quantitative estimate of drug-likeness (QED) is 0.233. The fourth-order valence-corrected chi connectivity index (χ4v) is 3.61. The lowest BCUT2D eigenvalue weighted by atomic mass is 10.3. The molecule has 0 bridgehead atoms. The summed E-state index contributed by atoms with van der Waals surface area (Å²) in [5.74, 6) is 1.93. The van der Waals surface area contributed by atoms with Crippen molar-refractivity contribution in [2.45, 2.75) is 26.3 Å². The summed E-state index contributed by atoms with van der Waals surface area (Å²) >= 11 is 1.80. The van der Waals surface area contributed by atoms with Crippen LogP contribution in [0.4, 0.5) is 0 Å². The molecule has 0 aliphatic carbocycles. The second-order valence-electron chi connectivity index (χ2n) is 5.91. The van der Waals surface area contributed by atoms with Crippen LogP contribution in [0.3, 0.4) is 0 Å². The molecule has 0 spiro atoms.